The maximum Gasteiger partial charge on any atom is 0.239 e. The van der Waals surface area contributed by atoms with Crippen LogP contribution in [0.15, 0.2) is 36.5 Å². The van der Waals surface area contributed by atoms with E-state index in [9.17, 15) is 4.79 Å². The Morgan fingerprint density at radius 3 is 2.96 bits per heavy atom. The Morgan fingerprint density at radius 1 is 1.35 bits per heavy atom. The van der Waals surface area contributed by atoms with Gasteiger partial charge in [0.25, 0.3) is 0 Å². The van der Waals surface area contributed by atoms with Crippen LogP contribution in [0.4, 0.5) is 5.82 Å². The summed E-state index contributed by atoms with van der Waals surface area (Å²) in [5.74, 6) is 2.58. The Kier molecular flexibility index (Phi) is 6.12. The van der Waals surface area contributed by atoms with Crippen molar-refractivity contribution in [2.45, 2.75) is 12.8 Å². The fourth-order valence-electron chi connectivity index (χ4n) is 3.20. The first-order valence-electron chi connectivity index (χ1n) is 8.91. The summed E-state index contributed by atoms with van der Waals surface area (Å²) in [6, 6.07) is 9.43. The molecule has 1 aliphatic rings. The number of carbonyl (C=O) groups is 1. The van der Waals surface area contributed by atoms with E-state index in [4.69, 9.17) is 9.47 Å². The van der Waals surface area contributed by atoms with Crippen molar-refractivity contribution >= 4 is 11.7 Å². The molecule has 0 spiro atoms. The number of aryl methyl sites for hydroxylation is 1. The number of piperidine rings is 1. The Labute approximate surface area is 153 Å². The van der Waals surface area contributed by atoms with Gasteiger partial charge in [-0.2, -0.15) is 5.10 Å². The minimum atomic E-state index is -0.0296. The van der Waals surface area contributed by atoms with Gasteiger partial charge in [-0.1, -0.05) is 6.07 Å². The van der Waals surface area contributed by atoms with Crippen molar-refractivity contribution in [1.82, 2.24) is 14.7 Å². The lowest BCUT2D eigenvalue weighted by atomic mass is 9.99. The normalized spacial score (nSPS) is 17.7. The van der Waals surface area contributed by atoms with Crippen LogP contribution in [-0.2, 0) is 11.8 Å². The number of nitrogens with zero attached hydrogens (tertiary/aromatic N) is 3. The number of likely N-dealkylation sites (tertiary alicyclic amines) is 1. The smallest absolute Gasteiger partial charge is 0.239 e. The predicted octanol–water partition coefficient (Wildman–Crippen LogP) is 2.16. The lowest BCUT2D eigenvalue weighted by Crippen LogP contribution is -2.42. The lowest BCUT2D eigenvalue weighted by molar-refractivity contribution is -0.117. The van der Waals surface area contributed by atoms with Crippen LogP contribution in [-0.4, -0.2) is 53.9 Å². The highest BCUT2D eigenvalue weighted by Gasteiger charge is 2.22. The van der Waals surface area contributed by atoms with Gasteiger partial charge in [-0.15, -0.1) is 0 Å². The molecule has 1 aromatic heterocycles. The van der Waals surface area contributed by atoms with Crippen LogP contribution in [0.2, 0.25) is 0 Å². The number of nitrogens with one attached hydrogen (secondary N) is 1. The van der Waals surface area contributed by atoms with Gasteiger partial charge < -0.3 is 14.8 Å². The molecular weight excluding hydrogens is 332 g/mol. The molecule has 1 fully saturated rings. The Morgan fingerprint density at radius 2 is 2.19 bits per heavy atom. The third-order valence-electron chi connectivity index (χ3n) is 4.48. The van der Waals surface area contributed by atoms with E-state index < -0.39 is 0 Å². The van der Waals surface area contributed by atoms with Crippen molar-refractivity contribution in [2.24, 2.45) is 13.0 Å². The quantitative estimate of drug-likeness (QED) is 0.821. The number of ether oxygens (including phenoxy) is 2. The number of rotatable bonds is 7. The van der Waals surface area contributed by atoms with Gasteiger partial charge in [0, 0.05) is 37.8 Å². The molecule has 1 aliphatic heterocycles. The van der Waals surface area contributed by atoms with Gasteiger partial charge in [0.1, 0.15) is 11.5 Å². The molecule has 2 aromatic rings. The molecule has 1 amide bonds. The van der Waals surface area contributed by atoms with Crippen molar-refractivity contribution in [2.75, 3.05) is 38.7 Å². The van der Waals surface area contributed by atoms with Gasteiger partial charge in [0.2, 0.25) is 5.91 Å². The summed E-state index contributed by atoms with van der Waals surface area (Å²) in [6.45, 7) is 2.82. The maximum atomic E-state index is 12.2. The summed E-state index contributed by atoms with van der Waals surface area (Å²) in [7, 11) is 3.47. The molecule has 0 saturated carbocycles. The monoisotopic (exact) mass is 358 g/mol. The van der Waals surface area contributed by atoms with Crippen LogP contribution in [0.5, 0.6) is 11.5 Å². The standard InChI is InChI=1S/C19H26N4O3/c1-22-10-8-18(21-22)20-19(24)13-23-9-4-5-15(12-23)14-26-17-7-3-6-16(11-17)25-2/h3,6-8,10-11,15H,4-5,9,12-14H2,1-2H3,(H,20,21,24). The van der Waals surface area contributed by atoms with Crippen molar-refractivity contribution < 1.29 is 14.3 Å². The minimum Gasteiger partial charge on any atom is -0.497 e. The van der Waals surface area contributed by atoms with Gasteiger partial charge in [-0.3, -0.25) is 14.4 Å². The lowest BCUT2D eigenvalue weighted by Gasteiger charge is -2.32. The molecule has 1 unspecified atom stereocenters. The number of hydrogen-bond donors (Lipinski definition) is 1. The van der Waals surface area contributed by atoms with Crippen LogP contribution in [0, 0.1) is 5.92 Å². The molecule has 7 nitrogen and oxygen atoms in total. The number of anilines is 1. The SMILES string of the molecule is COc1cccc(OCC2CCCN(CC(=O)Nc3ccn(C)n3)C2)c1. The Hall–Kier alpha value is -2.54. The average molecular weight is 358 g/mol. The number of amides is 1. The van der Waals surface area contributed by atoms with Crippen molar-refractivity contribution in [3.05, 3.63) is 36.5 Å². The molecule has 3 rings (SSSR count). The van der Waals surface area contributed by atoms with Gasteiger partial charge in [0.05, 0.1) is 20.3 Å². The molecule has 1 atom stereocenters. The molecule has 0 radical (unpaired) electrons. The zero-order valence-corrected chi connectivity index (χ0v) is 15.4. The fourth-order valence-corrected chi connectivity index (χ4v) is 3.20. The van der Waals surface area contributed by atoms with Gasteiger partial charge in [0.15, 0.2) is 5.82 Å². The Balaban J connectivity index is 1.45. The molecule has 140 valence electrons. The first-order valence-corrected chi connectivity index (χ1v) is 8.91. The molecular formula is C19H26N4O3. The van der Waals surface area contributed by atoms with Crippen LogP contribution in [0.25, 0.3) is 0 Å². The second-order valence-corrected chi connectivity index (χ2v) is 6.66. The zero-order chi connectivity index (χ0) is 18.4. The molecule has 0 bridgehead atoms. The third-order valence-corrected chi connectivity index (χ3v) is 4.48. The van der Waals surface area contributed by atoms with Crippen LogP contribution >= 0.6 is 0 Å². The van der Waals surface area contributed by atoms with Crippen LogP contribution in [0.3, 0.4) is 0 Å². The highest BCUT2D eigenvalue weighted by molar-refractivity contribution is 5.91. The maximum absolute atomic E-state index is 12.2. The van der Waals surface area contributed by atoms with E-state index in [2.05, 4.69) is 15.3 Å². The second-order valence-electron chi connectivity index (χ2n) is 6.66. The number of hydrogen-bond acceptors (Lipinski definition) is 5. The minimum absolute atomic E-state index is 0.0296. The summed E-state index contributed by atoms with van der Waals surface area (Å²) < 4.78 is 12.8. The Bertz CT molecular complexity index is 731. The zero-order valence-electron chi connectivity index (χ0n) is 15.4. The van der Waals surface area contributed by atoms with E-state index in [1.54, 1.807) is 17.9 Å². The van der Waals surface area contributed by atoms with E-state index in [1.807, 2.05) is 37.5 Å². The first kappa shape index (κ1) is 18.3. The number of carbonyl (C=O) groups excluding carboxylic acids is 1. The first-order chi connectivity index (χ1) is 12.6. The predicted molar refractivity (Wildman–Crippen MR) is 99.5 cm³/mol. The molecule has 1 N–H and O–H groups in total. The second kappa shape index (κ2) is 8.71. The number of benzene rings is 1. The van der Waals surface area contributed by atoms with Gasteiger partial charge >= 0.3 is 0 Å². The van der Waals surface area contributed by atoms with E-state index in [1.165, 1.54) is 0 Å². The third kappa shape index (κ3) is 5.23. The molecule has 2 heterocycles. The highest BCUT2D eigenvalue weighted by Crippen LogP contribution is 2.22. The summed E-state index contributed by atoms with van der Waals surface area (Å²) in [4.78, 5) is 14.4. The molecule has 1 saturated heterocycles. The largest absolute Gasteiger partial charge is 0.497 e. The van der Waals surface area contributed by atoms with Crippen molar-refractivity contribution in [3.63, 3.8) is 0 Å². The average Bonchev–Trinajstić information content (AvgIpc) is 3.05. The fraction of sp³-hybridized carbons (Fsp3) is 0.474. The van der Waals surface area contributed by atoms with E-state index in [-0.39, 0.29) is 5.91 Å². The van der Waals surface area contributed by atoms with Crippen LogP contribution < -0.4 is 14.8 Å². The summed E-state index contributed by atoms with van der Waals surface area (Å²) in [6.07, 6.45) is 3.99. The summed E-state index contributed by atoms with van der Waals surface area (Å²) >= 11 is 0. The molecule has 7 heteroatoms. The molecule has 0 aliphatic carbocycles. The topological polar surface area (TPSA) is 68.6 Å². The number of methoxy groups -OCH3 is 1. The van der Waals surface area contributed by atoms with Crippen molar-refractivity contribution in [3.8, 4) is 11.5 Å². The molecule has 1 aromatic carbocycles. The highest BCUT2D eigenvalue weighted by atomic mass is 16.5. The van der Waals surface area contributed by atoms with Crippen molar-refractivity contribution in [1.29, 1.82) is 0 Å². The summed E-state index contributed by atoms with van der Waals surface area (Å²) in [5, 5.41) is 7.01. The number of aromatic nitrogens is 2. The van der Waals surface area contributed by atoms with Gasteiger partial charge in [-0.25, -0.2) is 0 Å². The van der Waals surface area contributed by atoms with E-state index in [0.717, 1.165) is 37.4 Å². The van der Waals surface area contributed by atoms with E-state index in [0.29, 0.717) is 24.9 Å². The summed E-state index contributed by atoms with van der Waals surface area (Å²) in [5.41, 5.74) is 0. The van der Waals surface area contributed by atoms with Gasteiger partial charge in [-0.05, 0) is 31.5 Å². The van der Waals surface area contributed by atoms with Crippen LogP contribution in [0.1, 0.15) is 12.8 Å². The molecule has 26 heavy (non-hydrogen) atoms. The van der Waals surface area contributed by atoms with E-state index >= 15 is 0 Å².